The second-order valence-electron chi connectivity index (χ2n) is 2.70. The molecular formula is C9H8N2OS. The second-order valence-corrected chi connectivity index (χ2v) is 3.48. The van der Waals surface area contributed by atoms with Gasteiger partial charge in [0.25, 0.3) is 0 Å². The molecule has 0 aromatic carbocycles. The van der Waals surface area contributed by atoms with Crippen molar-refractivity contribution in [3.63, 3.8) is 0 Å². The van der Waals surface area contributed by atoms with Crippen molar-refractivity contribution in [3.8, 4) is 0 Å². The van der Waals surface area contributed by atoms with Gasteiger partial charge in [0.2, 0.25) is 0 Å². The molecule has 0 atom stereocenters. The number of nitrogens with zero attached hydrogens (tertiary/aromatic N) is 2. The number of thiophene rings is 1. The molecule has 0 aliphatic rings. The molecule has 4 heteroatoms. The highest BCUT2D eigenvalue weighted by atomic mass is 32.1. The maximum atomic E-state index is 10.6. The Morgan fingerprint density at radius 1 is 1.62 bits per heavy atom. The van der Waals surface area contributed by atoms with Crippen molar-refractivity contribution in [1.29, 1.82) is 0 Å². The second kappa shape index (κ2) is 3.53. The first kappa shape index (κ1) is 8.19. The summed E-state index contributed by atoms with van der Waals surface area (Å²) < 4.78 is 1.83. The largest absolute Gasteiger partial charge is 0.324 e. The van der Waals surface area contributed by atoms with E-state index in [0.29, 0.717) is 5.69 Å². The first-order valence-electron chi connectivity index (χ1n) is 3.86. The minimum Gasteiger partial charge on any atom is -0.324 e. The number of aldehydes is 1. The highest BCUT2D eigenvalue weighted by Gasteiger charge is 2.00. The predicted molar refractivity (Wildman–Crippen MR) is 51.0 cm³/mol. The fraction of sp³-hybridized carbons (Fsp3) is 0.111. The lowest BCUT2D eigenvalue weighted by atomic mass is 10.3. The first-order chi connectivity index (χ1) is 6.40. The highest BCUT2D eigenvalue weighted by Crippen LogP contribution is 2.08. The van der Waals surface area contributed by atoms with Gasteiger partial charge in [-0.2, -0.15) is 11.3 Å². The van der Waals surface area contributed by atoms with Crippen LogP contribution in [0.2, 0.25) is 0 Å². The smallest absolute Gasteiger partial charge is 0.168 e. The Bertz CT molecular complexity index is 391. The van der Waals surface area contributed by atoms with E-state index in [1.807, 2.05) is 16.0 Å². The molecule has 0 fully saturated rings. The number of carbonyl (C=O) groups excluding carboxylic acids is 1. The fourth-order valence-electron chi connectivity index (χ4n) is 1.14. The standard InChI is InChI=1S/C9H8N2OS/c12-5-9-3-10-7-11(9)4-8-1-2-13-6-8/h1-3,5-7H,4H2. The van der Waals surface area contributed by atoms with Crippen molar-refractivity contribution in [2.45, 2.75) is 6.54 Å². The number of imidazole rings is 1. The molecule has 0 N–H and O–H groups in total. The zero-order chi connectivity index (χ0) is 9.10. The molecule has 0 bridgehead atoms. The van der Waals surface area contributed by atoms with Gasteiger partial charge in [0.05, 0.1) is 12.5 Å². The minimum atomic E-state index is 0.617. The fourth-order valence-corrected chi connectivity index (χ4v) is 1.80. The van der Waals surface area contributed by atoms with Gasteiger partial charge in [-0.05, 0) is 22.4 Å². The van der Waals surface area contributed by atoms with Crippen LogP contribution in [0.25, 0.3) is 0 Å². The number of rotatable bonds is 3. The average molecular weight is 192 g/mol. The molecular weight excluding hydrogens is 184 g/mol. The van der Waals surface area contributed by atoms with E-state index in [-0.39, 0.29) is 0 Å². The SMILES string of the molecule is O=Cc1cncn1Cc1ccsc1. The molecule has 0 aliphatic carbocycles. The summed E-state index contributed by atoms with van der Waals surface area (Å²) in [4.78, 5) is 14.5. The van der Waals surface area contributed by atoms with Gasteiger partial charge in [-0.25, -0.2) is 4.98 Å². The molecule has 0 aliphatic heterocycles. The Morgan fingerprint density at radius 3 is 3.23 bits per heavy atom. The van der Waals surface area contributed by atoms with E-state index in [1.165, 1.54) is 5.56 Å². The van der Waals surface area contributed by atoms with E-state index in [9.17, 15) is 4.79 Å². The van der Waals surface area contributed by atoms with Crippen LogP contribution in [0.3, 0.4) is 0 Å². The van der Waals surface area contributed by atoms with Gasteiger partial charge in [0.15, 0.2) is 6.29 Å². The van der Waals surface area contributed by atoms with Crippen molar-refractivity contribution >= 4 is 17.6 Å². The quantitative estimate of drug-likeness (QED) is 0.695. The van der Waals surface area contributed by atoms with Crippen LogP contribution in [0, 0.1) is 0 Å². The molecule has 0 saturated carbocycles. The molecule has 0 saturated heterocycles. The Morgan fingerprint density at radius 2 is 2.54 bits per heavy atom. The van der Waals surface area contributed by atoms with Crippen LogP contribution in [-0.4, -0.2) is 15.8 Å². The van der Waals surface area contributed by atoms with E-state index in [0.717, 1.165) is 12.8 Å². The summed E-state index contributed by atoms with van der Waals surface area (Å²) in [5, 5.41) is 4.08. The van der Waals surface area contributed by atoms with Crippen LogP contribution in [0.4, 0.5) is 0 Å². The zero-order valence-electron chi connectivity index (χ0n) is 6.88. The van der Waals surface area contributed by atoms with Crippen molar-refractivity contribution < 1.29 is 4.79 Å². The third-order valence-corrected chi connectivity index (χ3v) is 2.53. The Kier molecular flexibility index (Phi) is 2.23. The number of carbonyl (C=O) groups is 1. The van der Waals surface area contributed by atoms with Crippen LogP contribution in [0.1, 0.15) is 16.1 Å². The van der Waals surface area contributed by atoms with E-state index < -0.39 is 0 Å². The lowest BCUT2D eigenvalue weighted by molar-refractivity contribution is 0.111. The molecule has 13 heavy (non-hydrogen) atoms. The molecule has 0 spiro atoms. The molecule has 3 nitrogen and oxygen atoms in total. The maximum absolute atomic E-state index is 10.6. The molecule has 66 valence electrons. The van der Waals surface area contributed by atoms with Crippen molar-refractivity contribution in [1.82, 2.24) is 9.55 Å². The van der Waals surface area contributed by atoms with Crippen molar-refractivity contribution in [2.75, 3.05) is 0 Å². The van der Waals surface area contributed by atoms with Gasteiger partial charge < -0.3 is 4.57 Å². The first-order valence-corrected chi connectivity index (χ1v) is 4.81. The van der Waals surface area contributed by atoms with E-state index in [1.54, 1.807) is 23.9 Å². The summed E-state index contributed by atoms with van der Waals surface area (Å²) in [5.74, 6) is 0. The molecule has 2 rings (SSSR count). The molecule has 2 aromatic heterocycles. The summed E-state index contributed by atoms with van der Waals surface area (Å²) in [6.07, 6.45) is 4.06. The van der Waals surface area contributed by atoms with E-state index in [2.05, 4.69) is 10.4 Å². The van der Waals surface area contributed by atoms with Crippen LogP contribution < -0.4 is 0 Å². The average Bonchev–Trinajstić information content (AvgIpc) is 2.76. The van der Waals surface area contributed by atoms with Crippen molar-refractivity contribution in [2.24, 2.45) is 0 Å². The molecule has 2 heterocycles. The summed E-state index contributed by atoms with van der Waals surface area (Å²) >= 11 is 1.65. The highest BCUT2D eigenvalue weighted by molar-refractivity contribution is 7.07. The van der Waals surface area contributed by atoms with Crippen LogP contribution in [0.15, 0.2) is 29.4 Å². The third-order valence-electron chi connectivity index (χ3n) is 1.80. The van der Waals surface area contributed by atoms with Gasteiger partial charge in [-0.1, -0.05) is 0 Å². The van der Waals surface area contributed by atoms with Crippen LogP contribution in [0.5, 0.6) is 0 Å². The number of hydrogen-bond acceptors (Lipinski definition) is 3. The van der Waals surface area contributed by atoms with Crippen molar-refractivity contribution in [3.05, 3.63) is 40.6 Å². The van der Waals surface area contributed by atoms with Gasteiger partial charge in [-0.15, -0.1) is 0 Å². The van der Waals surface area contributed by atoms with Crippen LogP contribution >= 0.6 is 11.3 Å². The van der Waals surface area contributed by atoms with Gasteiger partial charge in [0, 0.05) is 6.54 Å². The summed E-state index contributed by atoms with van der Waals surface area (Å²) in [6.45, 7) is 0.720. The minimum absolute atomic E-state index is 0.617. The summed E-state index contributed by atoms with van der Waals surface area (Å²) in [7, 11) is 0. The molecule has 0 amide bonds. The van der Waals surface area contributed by atoms with E-state index in [4.69, 9.17) is 0 Å². The zero-order valence-corrected chi connectivity index (χ0v) is 7.70. The molecule has 0 radical (unpaired) electrons. The normalized spacial score (nSPS) is 10.2. The maximum Gasteiger partial charge on any atom is 0.168 e. The van der Waals surface area contributed by atoms with Gasteiger partial charge in [0.1, 0.15) is 5.69 Å². The lowest BCUT2D eigenvalue weighted by Gasteiger charge is -2.00. The Balaban J connectivity index is 2.23. The third kappa shape index (κ3) is 1.67. The topological polar surface area (TPSA) is 34.9 Å². The van der Waals surface area contributed by atoms with Gasteiger partial charge in [-0.3, -0.25) is 4.79 Å². The summed E-state index contributed by atoms with van der Waals surface area (Å²) in [6, 6.07) is 2.04. The van der Waals surface area contributed by atoms with E-state index >= 15 is 0 Å². The number of hydrogen-bond donors (Lipinski definition) is 0. The number of aromatic nitrogens is 2. The Hall–Kier alpha value is -1.42. The monoisotopic (exact) mass is 192 g/mol. The Labute approximate surface area is 79.7 Å². The summed E-state index contributed by atoms with van der Waals surface area (Å²) in [5.41, 5.74) is 1.82. The molecule has 2 aromatic rings. The van der Waals surface area contributed by atoms with Crippen LogP contribution in [-0.2, 0) is 6.54 Å². The van der Waals surface area contributed by atoms with Gasteiger partial charge >= 0.3 is 0 Å². The molecule has 0 unspecified atom stereocenters. The predicted octanol–water partition coefficient (Wildman–Crippen LogP) is 1.81. The lowest BCUT2D eigenvalue weighted by Crippen LogP contribution is -2.00.